The number of amides is 1. The van der Waals surface area contributed by atoms with Crippen molar-refractivity contribution in [3.63, 3.8) is 0 Å². The van der Waals surface area contributed by atoms with E-state index < -0.39 is 5.60 Å². The second-order valence-electron chi connectivity index (χ2n) is 6.98. The Morgan fingerprint density at radius 2 is 2.10 bits per heavy atom. The molecule has 0 bridgehead atoms. The molecule has 3 unspecified atom stereocenters. The lowest BCUT2D eigenvalue weighted by Crippen LogP contribution is -2.55. The molecule has 0 aromatic carbocycles. The summed E-state index contributed by atoms with van der Waals surface area (Å²) in [5, 5.41) is 3.52. The molecule has 1 fully saturated rings. The minimum absolute atomic E-state index is 0.0418. The van der Waals surface area contributed by atoms with Crippen LogP contribution in [0.2, 0.25) is 0 Å². The van der Waals surface area contributed by atoms with Gasteiger partial charge < -0.3 is 14.8 Å². The second kappa shape index (κ2) is 7.99. The number of nitrogens with one attached hydrogen (secondary N) is 1. The number of rotatable bonds is 5. The first-order chi connectivity index (χ1) is 9.74. The standard InChI is InChI=1S/C16H32N2O3/c1-7-12(2)13(3)17-10-14-11-20-9-8-18(14)15(19)21-16(4,5)6/h12-14,17H,7-11H2,1-6H3. The Morgan fingerprint density at radius 3 is 2.67 bits per heavy atom. The van der Waals surface area contributed by atoms with Gasteiger partial charge >= 0.3 is 6.09 Å². The van der Waals surface area contributed by atoms with Crippen LogP contribution in [0.25, 0.3) is 0 Å². The van der Waals surface area contributed by atoms with Crippen molar-refractivity contribution in [2.45, 2.75) is 65.6 Å². The molecule has 0 aromatic heterocycles. The third-order valence-corrected chi connectivity index (χ3v) is 4.03. The number of ether oxygens (including phenoxy) is 2. The van der Waals surface area contributed by atoms with Gasteiger partial charge in [0.15, 0.2) is 0 Å². The van der Waals surface area contributed by atoms with Crippen molar-refractivity contribution in [3.05, 3.63) is 0 Å². The molecule has 0 spiro atoms. The van der Waals surface area contributed by atoms with Crippen molar-refractivity contribution in [1.82, 2.24) is 10.2 Å². The van der Waals surface area contributed by atoms with E-state index in [1.165, 1.54) is 0 Å². The topological polar surface area (TPSA) is 50.8 Å². The Bertz CT molecular complexity index is 328. The minimum Gasteiger partial charge on any atom is -0.444 e. The highest BCUT2D eigenvalue weighted by atomic mass is 16.6. The number of carbonyl (C=O) groups excluding carboxylic acids is 1. The summed E-state index contributed by atoms with van der Waals surface area (Å²) in [4.78, 5) is 14.1. The van der Waals surface area contributed by atoms with E-state index in [0.29, 0.717) is 31.7 Å². The highest BCUT2D eigenvalue weighted by Gasteiger charge is 2.31. The Hall–Kier alpha value is -0.810. The SMILES string of the molecule is CCC(C)C(C)NCC1COCCN1C(=O)OC(C)(C)C. The molecule has 1 heterocycles. The lowest BCUT2D eigenvalue weighted by atomic mass is 10.0. The van der Waals surface area contributed by atoms with Gasteiger partial charge in [-0.05, 0) is 33.6 Å². The molecule has 124 valence electrons. The molecular formula is C16H32N2O3. The van der Waals surface area contributed by atoms with Gasteiger partial charge in [-0.1, -0.05) is 20.3 Å². The third kappa shape index (κ3) is 6.22. The van der Waals surface area contributed by atoms with E-state index in [1.807, 2.05) is 20.8 Å². The lowest BCUT2D eigenvalue weighted by Gasteiger charge is -2.37. The Kier molecular flexibility index (Phi) is 6.94. The Morgan fingerprint density at radius 1 is 1.43 bits per heavy atom. The van der Waals surface area contributed by atoms with Gasteiger partial charge in [-0.2, -0.15) is 0 Å². The number of nitrogens with zero attached hydrogens (tertiary/aromatic N) is 1. The monoisotopic (exact) mass is 300 g/mol. The Balaban J connectivity index is 2.55. The summed E-state index contributed by atoms with van der Waals surface area (Å²) in [6, 6.07) is 0.470. The quantitative estimate of drug-likeness (QED) is 0.848. The molecular weight excluding hydrogens is 268 g/mol. The average molecular weight is 300 g/mol. The van der Waals surface area contributed by atoms with E-state index in [9.17, 15) is 4.79 Å². The fourth-order valence-electron chi connectivity index (χ4n) is 2.26. The van der Waals surface area contributed by atoms with E-state index >= 15 is 0 Å². The first kappa shape index (κ1) is 18.2. The highest BCUT2D eigenvalue weighted by molar-refractivity contribution is 5.68. The molecule has 1 saturated heterocycles. The molecule has 1 aliphatic rings. The van der Waals surface area contributed by atoms with Crippen molar-refractivity contribution in [2.24, 2.45) is 5.92 Å². The highest BCUT2D eigenvalue weighted by Crippen LogP contribution is 2.15. The number of hydrogen-bond acceptors (Lipinski definition) is 4. The van der Waals surface area contributed by atoms with Crippen molar-refractivity contribution >= 4 is 6.09 Å². The maximum absolute atomic E-state index is 12.3. The molecule has 5 nitrogen and oxygen atoms in total. The van der Waals surface area contributed by atoms with Gasteiger partial charge in [0.2, 0.25) is 0 Å². The van der Waals surface area contributed by atoms with Crippen molar-refractivity contribution in [3.8, 4) is 0 Å². The zero-order chi connectivity index (χ0) is 16.0. The number of carbonyl (C=O) groups is 1. The molecule has 1 amide bonds. The summed E-state index contributed by atoms with van der Waals surface area (Å²) >= 11 is 0. The third-order valence-electron chi connectivity index (χ3n) is 4.03. The molecule has 0 radical (unpaired) electrons. The number of hydrogen-bond donors (Lipinski definition) is 1. The maximum atomic E-state index is 12.3. The smallest absolute Gasteiger partial charge is 0.410 e. The number of morpholine rings is 1. The van der Waals surface area contributed by atoms with Crippen molar-refractivity contribution < 1.29 is 14.3 Å². The first-order valence-corrected chi connectivity index (χ1v) is 8.05. The van der Waals surface area contributed by atoms with Crippen LogP contribution in [0.1, 0.15) is 48.0 Å². The molecule has 3 atom stereocenters. The first-order valence-electron chi connectivity index (χ1n) is 8.05. The predicted molar refractivity (Wildman–Crippen MR) is 84.5 cm³/mol. The summed E-state index contributed by atoms with van der Waals surface area (Å²) < 4.78 is 11.0. The van der Waals surface area contributed by atoms with Crippen LogP contribution in [-0.4, -0.2) is 55.0 Å². The van der Waals surface area contributed by atoms with Crippen LogP contribution in [0.3, 0.4) is 0 Å². The van der Waals surface area contributed by atoms with Gasteiger partial charge in [-0.25, -0.2) is 4.79 Å². The Labute approximate surface area is 129 Å². The summed E-state index contributed by atoms with van der Waals surface area (Å²) in [7, 11) is 0. The molecule has 1 N–H and O–H groups in total. The fraction of sp³-hybridized carbons (Fsp3) is 0.938. The van der Waals surface area contributed by atoms with E-state index in [2.05, 4.69) is 26.1 Å². The zero-order valence-corrected chi connectivity index (χ0v) is 14.4. The van der Waals surface area contributed by atoms with E-state index in [4.69, 9.17) is 9.47 Å². The predicted octanol–water partition coefficient (Wildman–Crippen LogP) is 2.65. The summed E-state index contributed by atoms with van der Waals surface area (Å²) in [5.74, 6) is 0.615. The van der Waals surface area contributed by atoms with Crippen LogP contribution in [-0.2, 0) is 9.47 Å². The summed E-state index contributed by atoms with van der Waals surface area (Å²) in [5.41, 5.74) is -0.461. The van der Waals surface area contributed by atoms with Crippen LogP contribution in [0.5, 0.6) is 0 Å². The molecule has 0 aromatic rings. The molecule has 1 rings (SSSR count). The molecule has 21 heavy (non-hydrogen) atoms. The van der Waals surface area contributed by atoms with Crippen LogP contribution >= 0.6 is 0 Å². The van der Waals surface area contributed by atoms with Gasteiger partial charge in [0.25, 0.3) is 0 Å². The van der Waals surface area contributed by atoms with E-state index in [0.717, 1.165) is 13.0 Å². The second-order valence-corrected chi connectivity index (χ2v) is 6.98. The van der Waals surface area contributed by atoms with Gasteiger partial charge in [-0.15, -0.1) is 0 Å². The zero-order valence-electron chi connectivity index (χ0n) is 14.4. The largest absolute Gasteiger partial charge is 0.444 e. The van der Waals surface area contributed by atoms with E-state index in [1.54, 1.807) is 4.90 Å². The molecule has 0 aliphatic carbocycles. The maximum Gasteiger partial charge on any atom is 0.410 e. The van der Waals surface area contributed by atoms with Crippen LogP contribution < -0.4 is 5.32 Å². The van der Waals surface area contributed by atoms with Gasteiger partial charge in [0, 0.05) is 19.1 Å². The van der Waals surface area contributed by atoms with Gasteiger partial charge in [0.1, 0.15) is 5.60 Å². The van der Waals surface area contributed by atoms with Crippen LogP contribution in [0.15, 0.2) is 0 Å². The lowest BCUT2D eigenvalue weighted by molar-refractivity contribution is -0.0323. The van der Waals surface area contributed by atoms with Crippen LogP contribution in [0.4, 0.5) is 4.79 Å². The van der Waals surface area contributed by atoms with E-state index in [-0.39, 0.29) is 12.1 Å². The molecule has 1 aliphatic heterocycles. The van der Waals surface area contributed by atoms with Gasteiger partial charge in [0.05, 0.1) is 19.3 Å². The summed E-state index contributed by atoms with van der Waals surface area (Å²) in [6.07, 6.45) is 0.902. The fourth-order valence-corrected chi connectivity index (χ4v) is 2.26. The average Bonchev–Trinajstić information content (AvgIpc) is 2.42. The van der Waals surface area contributed by atoms with Gasteiger partial charge in [-0.3, -0.25) is 4.90 Å². The van der Waals surface area contributed by atoms with Crippen molar-refractivity contribution in [2.75, 3.05) is 26.3 Å². The normalized spacial score (nSPS) is 22.8. The molecule has 5 heteroatoms. The summed E-state index contributed by atoms with van der Waals surface area (Å²) in [6.45, 7) is 14.8. The molecule has 0 saturated carbocycles. The van der Waals surface area contributed by atoms with Crippen LogP contribution in [0, 0.1) is 5.92 Å². The van der Waals surface area contributed by atoms with Crippen molar-refractivity contribution in [1.29, 1.82) is 0 Å². The minimum atomic E-state index is -0.461.